The summed E-state index contributed by atoms with van der Waals surface area (Å²) in [6.45, 7) is 2.60. The highest BCUT2D eigenvalue weighted by Crippen LogP contribution is 2.29. The lowest BCUT2D eigenvalue weighted by atomic mass is 10.1. The third kappa shape index (κ3) is 2.54. The quantitative estimate of drug-likeness (QED) is 0.910. The molecule has 0 amide bonds. The first-order valence-electron chi connectivity index (χ1n) is 5.24. The van der Waals surface area contributed by atoms with Crippen molar-refractivity contribution in [2.45, 2.75) is 13.3 Å². The maximum Gasteiger partial charge on any atom is 0.280 e. The highest BCUT2D eigenvalue weighted by Gasteiger charge is 2.13. The number of fused-ring (bicyclic) bond motifs is 1. The fraction of sp³-hybridized carbons (Fsp3) is 0.250. The minimum atomic E-state index is -2.56. The van der Waals surface area contributed by atoms with Crippen molar-refractivity contribution in [2.24, 2.45) is 0 Å². The molecule has 0 unspecified atom stereocenters. The summed E-state index contributed by atoms with van der Waals surface area (Å²) in [5.41, 5.74) is 1.06. The predicted molar refractivity (Wildman–Crippen MR) is 68.6 cm³/mol. The van der Waals surface area contributed by atoms with Crippen LogP contribution in [0.3, 0.4) is 0 Å². The molecule has 1 aromatic heterocycles. The van der Waals surface area contributed by atoms with Crippen LogP contribution in [0.4, 0.5) is 14.5 Å². The van der Waals surface area contributed by atoms with Gasteiger partial charge in [-0.2, -0.15) is 0 Å². The molecule has 0 aliphatic heterocycles. The third-order valence-corrected chi connectivity index (χ3v) is 2.87. The Morgan fingerprint density at radius 3 is 2.76 bits per heavy atom. The molecule has 17 heavy (non-hydrogen) atoms. The zero-order valence-electron chi connectivity index (χ0n) is 9.17. The molecule has 0 spiro atoms. The lowest BCUT2D eigenvalue weighted by Gasteiger charge is -2.10. The van der Waals surface area contributed by atoms with E-state index in [1.54, 1.807) is 12.1 Å². The van der Waals surface area contributed by atoms with E-state index >= 15 is 0 Å². The molecule has 0 bridgehead atoms. The van der Waals surface area contributed by atoms with E-state index in [0.29, 0.717) is 17.7 Å². The Bertz CT molecular complexity index is 543. The SMILES string of the molecule is CCNc1cc(C(F)F)nc2ccc(Br)cc12. The van der Waals surface area contributed by atoms with Crippen LogP contribution in [0.15, 0.2) is 28.7 Å². The molecule has 0 aliphatic rings. The van der Waals surface area contributed by atoms with Crippen LogP contribution >= 0.6 is 15.9 Å². The first-order valence-corrected chi connectivity index (χ1v) is 6.03. The zero-order valence-corrected chi connectivity index (χ0v) is 10.8. The standard InChI is InChI=1S/C12H11BrF2N2/c1-2-16-10-6-11(12(14)15)17-9-4-3-7(13)5-8(9)10/h3-6,12H,2H2,1H3,(H,16,17). The van der Waals surface area contributed by atoms with Gasteiger partial charge in [0.1, 0.15) is 5.69 Å². The molecule has 0 saturated carbocycles. The Morgan fingerprint density at radius 1 is 1.35 bits per heavy atom. The largest absolute Gasteiger partial charge is 0.385 e. The molecule has 90 valence electrons. The number of nitrogens with zero attached hydrogens (tertiary/aromatic N) is 1. The van der Waals surface area contributed by atoms with E-state index in [4.69, 9.17) is 0 Å². The highest BCUT2D eigenvalue weighted by molar-refractivity contribution is 9.10. The average Bonchev–Trinajstić information content (AvgIpc) is 2.29. The smallest absolute Gasteiger partial charge is 0.280 e. The van der Waals surface area contributed by atoms with Gasteiger partial charge in [0.25, 0.3) is 6.43 Å². The van der Waals surface area contributed by atoms with E-state index < -0.39 is 6.43 Å². The van der Waals surface area contributed by atoms with Gasteiger partial charge in [0.15, 0.2) is 0 Å². The predicted octanol–water partition coefficient (Wildman–Crippen LogP) is 4.37. The summed E-state index contributed by atoms with van der Waals surface area (Å²) >= 11 is 3.36. The molecule has 0 radical (unpaired) electrons. The van der Waals surface area contributed by atoms with Crippen LogP contribution in [-0.4, -0.2) is 11.5 Å². The van der Waals surface area contributed by atoms with E-state index in [1.807, 2.05) is 13.0 Å². The fourth-order valence-corrected chi connectivity index (χ4v) is 2.03. The Kier molecular flexibility index (Phi) is 3.57. The maximum atomic E-state index is 12.7. The van der Waals surface area contributed by atoms with Gasteiger partial charge in [0.05, 0.1) is 5.52 Å². The number of aromatic nitrogens is 1. The molecule has 0 aliphatic carbocycles. The molecule has 2 rings (SSSR count). The number of nitrogens with one attached hydrogen (secondary N) is 1. The van der Waals surface area contributed by atoms with Crippen molar-refractivity contribution < 1.29 is 8.78 Å². The van der Waals surface area contributed by atoms with E-state index in [0.717, 1.165) is 9.86 Å². The first kappa shape index (κ1) is 12.2. The Labute approximate surface area is 106 Å². The summed E-state index contributed by atoms with van der Waals surface area (Å²) in [7, 11) is 0. The summed E-state index contributed by atoms with van der Waals surface area (Å²) in [6.07, 6.45) is -2.56. The lowest BCUT2D eigenvalue weighted by Crippen LogP contribution is -2.01. The molecular formula is C12H11BrF2N2. The molecular weight excluding hydrogens is 290 g/mol. The normalized spacial score (nSPS) is 11.1. The molecule has 1 heterocycles. The summed E-state index contributed by atoms with van der Waals surface area (Å²) < 4.78 is 26.3. The van der Waals surface area contributed by atoms with Gasteiger partial charge in [0, 0.05) is 22.1 Å². The van der Waals surface area contributed by atoms with Crippen molar-refractivity contribution in [3.05, 3.63) is 34.4 Å². The van der Waals surface area contributed by atoms with Gasteiger partial charge in [-0.25, -0.2) is 13.8 Å². The number of halogens is 3. The topological polar surface area (TPSA) is 24.9 Å². The molecule has 5 heteroatoms. The van der Waals surface area contributed by atoms with E-state index in [1.165, 1.54) is 6.07 Å². The summed E-state index contributed by atoms with van der Waals surface area (Å²) in [6, 6.07) is 6.80. The highest BCUT2D eigenvalue weighted by atomic mass is 79.9. The molecule has 2 nitrogen and oxygen atoms in total. The van der Waals surface area contributed by atoms with Crippen molar-refractivity contribution in [2.75, 3.05) is 11.9 Å². The van der Waals surface area contributed by atoms with Gasteiger partial charge in [-0.05, 0) is 31.2 Å². The van der Waals surface area contributed by atoms with Crippen LogP contribution in [0.1, 0.15) is 19.0 Å². The van der Waals surface area contributed by atoms with Gasteiger partial charge in [0.2, 0.25) is 0 Å². The molecule has 0 atom stereocenters. The number of anilines is 1. The van der Waals surface area contributed by atoms with Crippen molar-refractivity contribution in [1.29, 1.82) is 0 Å². The van der Waals surface area contributed by atoms with E-state index in [2.05, 4.69) is 26.2 Å². The number of hydrogen-bond donors (Lipinski definition) is 1. The van der Waals surface area contributed by atoms with Crippen LogP contribution in [0.5, 0.6) is 0 Å². The zero-order chi connectivity index (χ0) is 12.4. The number of hydrogen-bond acceptors (Lipinski definition) is 2. The van der Waals surface area contributed by atoms with Crippen molar-refractivity contribution in [3.8, 4) is 0 Å². The van der Waals surface area contributed by atoms with Gasteiger partial charge < -0.3 is 5.32 Å². The van der Waals surface area contributed by atoms with Crippen LogP contribution in [-0.2, 0) is 0 Å². The molecule has 1 aromatic carbocycles. The fourth-order valence-electron chi connectivity index (χ4n) is 1.67. The van der Waals surface area contributed by atoms with Crippen molar-refractivity contribution in [3.63, 3.8) is 0 Å². The van der Waals surface area contributed by atoms with E-state index in [9.17, 15) is 8.78 Å². The van der Waals surface area contributed by atoms with Gasteiger partial charge in [-0.3, -0.25) is 0 Å². The van der Waals surface area contributed by atoms with Crippen LogP contribution in [0, 0.1) is 0 Å². The van der Waals surface area contributed by atoms with Gasteiger partial charge in [-0.15, -0.1) is 0 Å². The van der Waals surface area contributed by atoms with Crippen molar-refractivity contribution in [1.82, 2.24) is 4.98 Å². The van der Waals surface area contributed by atoms with Crippen LogP contribution in [0.25, 0.3) is 10.9 Å². The summed E-state index contributed by atoms with van der Waals surface area (Å²) in [5.74, 6) is 0. The summed E-state index contributed by atoms with van der Waals surface area (Å²) in [5, 5.41) is 3.92. The third-order valence-electron chi connectivity index (χ3n) is 2.38. The lowest BCUT2D eigenvalue weighted by molar-refractivity contribution is 0.146. The second-order valence-electron chi connectivity index (χ2n) is 3.59. The molecule has 0 fully saturated rings. The number of pyridine rings is 1. The van der Waals surface area contributed by atoms with Gasteiger partial charge in [-0.1, -0.05) is 15.9 Å². The first-order chi connectivity index (χ1) is 8.11. The van der Waals surface area contributed by atoms with Crippen molar-refractivity contribution >= 4 is 32.5 Å². The Morgan fingerprint density at radius 2 is 2.12 bits per heavy atom. The molecule has 0 saturated heterocycles. The second kappa shape index (κ2) is 4.96. The minimum absolute atomic E-state index is 0.198. The van der Waals surface area contributed by atoms with Crippen LogP contribution < -0.4 is 5.32 Å². The number of alkyl halides is 2. The Balaban J connectivity index is 2.67. The Hall–Kier alpha value is -1.23. The maximum absolute atomic E-state index is 12.7. The second-order valence-corrected chi connectivity index (χ2v) is 4.50. The molecule has 1 N–H and O–H groups in total. The van der Waals surface area contributed by atoms with E-state index in [-0.39, 0.29) is 5.69 Å². The summed E-state index contributed by atoms with van der Waals surface area (Å²) in [4.78, 5) is 3.95. The van der Waals surface area contributed by atoms with Crippen LogP contribution in [0.2, 0.25) is 0 Å². The molecule has 2 aromatic rings. The number of rotatable bonds is 3. The minimum Gasteiger partial charge on any atom is -0.385 e. The van der Waals surface area contributed by atoms with Gasteiger partial charge >= 0.3 is 0 Å². The monoisotopic (exact) mass is 300 g/mol. The number of benzene rings is 1. The average molecular weight is 301 g/mol.